The van der Waals surface area contributed by atoms with E-state index in [-0.39, 0.29) is 5.56 Å². The van der Waals surface area contributed by atoms with Crippen molar-refractivity contribution < 1.29 is 9.18 Å². The molecule has 0 heterocycles. The minimum atomic E-state index is -0.593. The molecule has 1 aromatic carbocycles. The van der Waals surface area contributed by atoms with Crippen molar-refractivity contribution in [3.63, 3.8) is 0 Å². The zero-order valence-electron chi connectivity index (χ0n) is 11.0. The third-order valence-electron chi connectivity index (χ3n) is 2.87. The summed E-state index contributed by atoms with van der Waals surface area (Å²) in [6.45, 7) is 5.35. The summed E-state index contributed by atoms with van der Waals surface area (Å²) in [5.74, 6) is -1.01. The largest absolute Gasteiger partial charge is 0.399 e. The summed E-state index contributed by atoms with van der Waals surface area (Å²) in [6, 6.07) is 4.47. The molecule has 0 aromatic heterocycles. The van der Waals surface area contributed by atoms with Crippen LogP contribution in [-0.2, 0) is 0 Å². The van der Waals surface area contributed by atoms with Crippen LogP contribution in [-0.4, -0.2) is 37.0 Å². The monoisotopic (exact) mass is 253 g/mol. The summed E-state index contributed by atoms with van der Waals surface area (Å²) in [5.41, 5.74) is 5.76. The molecule has 0 spiro atoms. The van der Waals surface area contributed by atoms with Gasteiger partial charge in [-0.05, 0) is 39.1 Å². The number of amides is 1. The van der Waals surface area contributed by atoms with Gasteiger partial charge in [-0.15, -0.1) is 0 Å². The van der Waals surface area contributed by atoms with Gasteiger partial charge in [-0.2, -0.15) is 0 Å². The number of carbonyl (C=O) groups excluding carboxylic acids is 1. The number of hydrogen-bond donors (Lipinski definition) is 2. The molecule has 4 nitrogen and oxygen atoms in total. The van der Waals surface area contributed by atoms with Crippen molar-refractivity contribution in [2.45, 2.75) is 19.9 Å². The highest BCUT2D eigenvalue weighted by atomic mass is 19.1. The maximum absolute atomic E-state index is 13.5. The summed E-state index contributed by atoms with van der Waals surface area (Å²) in [4.78, 5) is 13.8. The van der Waals surface area contributed by atoms with Gasteiger partial charge < -0.3 is 16.0 Å². The number of carbonyl (C=O) groups is 1. The lowest BCUT2D eigenvalue weighted by molar-refractivity contribution is 0.0944. The van der Waals surface area contributed by atoms with E-state index in [2.05, 4.69) is 24.1 Å². The highest BCUT2D eigenvalue weighted by Crippen LogP contribution is 2.11. The standard InChI is InChI=1S/C13H20FN3O/c1-9(2)17(3)7-6-16-13(18)11-5-4-10(15)8-12(11)14/h4-5,8-9H,6-7,15H2,1-3H3,(H,16,18). The number of rotatable bonds is 5. The fourth-order valence-electron chi connectivity index (χ4n) is 1.41. The Morgan fingerprint density at radius 2 is 2.17 bits per heavy atom. The first-order valence-electron chi connectivity index (χ1n) is 5.95. The third-order valence-corrected chi connectivity index (χ3v) is 2.87. The van der Waals surface area contributed by atoms with Gasteiger partial charge in [-0.1, -0.05) is 0 Å². The maximum Gasteiger partial charge on any atom is 0.254 e. The van der Waals surface area contributed by atoms with Crippen LogP contribution in [0.4, 0.5) is 10.1 Å². The van der Waals surface area contributed by atoms with E-state index in [9.17, 15) is 9.18 Å². The van der Waals surface area contributed by atoms with E-state index in [1.165, 1.54) is 12.1 Å². The van der Waals surface area contributed by atoms with Gasteiger partial charge >= 0.3 is 0 Å². The Morgan fingerprint density at radius 3 is 2.72 bits per heavy atom. The third kappa shape index (κ3) is 4.00. The van der Waals surface area contributed by atoms with Crippen LogP contribution < -0.4 is 11.1 Å². The van der Waals surface area contributed by atoms with Crippen LogP contribution in [0.3, 0.4) is 0 Å². The van der Waals surface area contributed by atoms with Gasteiger partial charge in [0.05, 0.1) is 5.56 Å². The summed E-state index contributed by atoms with van der Waals surface area (Å²) in [6.07, 6.45) is 0. The number of nitrogens with zero attached hydrogens (tertiary/aromatic N) is 1. The van der Waals surface area contributed by atoms with Gasteiger partial charge in [-0.3, -0.25) is 4.79 Å². The Balaban J connectivity index is 2.51. The number of hydrogen-bond acceptors (Lipinski definition) is 3. The lowest BCUT2D eigenvalue weighted by Gasteiger charge is -2.20. The van der Waals surface area contributed by atoms with Crippen LogP contribution in [0.1, 0.15) is 24.2 Å². The lowest BCUT2D eigenvalue weighted by Crippen LogP contribution is -2.36. The van der Waals surface area contributed by atoms with Crippen molar-refractivity contribution in [3.05, 3.63) is 29.6 Å². The molecule has 1 rings (SSSR count). The Bertz CT molecular complexity index is 421. The highest BCUT2D eigenvalue weighted by molar-refractivity contribution is 5.94. The van der Waals surface area contributed by atoms with Crippen LogP contribution in [0, 0.1) is 5.82 Å². The van der Waals surface area contributed by atoms with Crippen LogP contribution in [0.25, 0.3) is 0 Å². The SMILES string of the molecule is CC(C)N(C)CCNC(=O)c1ccc(N)cc1F. The number of nitrogens with two attached hydrogens (primary N) is 1. The minimum Gasteiger partial charge on any atom is -0.399 e. The molecule has 18 heavy (non-hydrogen) atoms. The van der Waals surface area contributed by atoms with Crippen molar-refractivity contribution in [2.75, 3.05) is 25.9 Å². The minimum absolute atomic E-state index is 0.0244. The highest BCUT2D eigenvalue weighted by Gasteiger charge is 2.11. The predicted octanol–water partition coefficient (Wildman–Crippen LogP) is 1.48. The summed E-state index contributed by atoms with van der Waals surface area (Å²) < 4.78 is 13.5. The molecule has 0 aliphatic carbocycles. The average molecular weight is 253 g/mol. The summed E-state index contributed by atoms with van der Waals surface area (Å²) in [5, 5.41) is 2.68. The smallest absolute Gasteiger partial charge is 0.254 e. The molecule has 1 amide bonds. The van der Waals surface area contributed by atoms with E-state index in [1.54, 1.807) is 0 Å². The summed E-state index contributed by atoms with van der Waals surface area (Å²) >= 11 is 0. The zero-order valence-corrected chi connectivity index (χ0v) is 11.0. The van der Waals surface area contributed by atoms with Crippen LogP contribution in [0.2, 0.25) is 0 Å². The molecule has 100 valence electrons. The number of benzene rings is 1. The second-order valence-electron chi connectivity index (χ2n) is 4.57. The van der Waals surface area contributed by atoms with Crippen molar-refractivity contribution in [2.24, 2.45) is 0 Å². The van der Waals surface area contributed by atoms with Crippen molar-refractivity contribution in [1.82, 2.24) is 10.2 Å². The van der Waals surface area contributed by atoms with Gasteiger partial charge in [0.2, 0.25) is 0 Å². The van der Waals surface area contributed by atoms with E-state index in [1.807, 2.05) is 7.05 Å². The fraction of sp³-hybridized carbons (Fsp3) is 0.462. The molecule has 5 heteroatoms. The molecule has 0 bridgehead atoms. The molecule has 3 N–H and O–H groups in total. The molecule has 0 radical (unpaired) electrons. The first kappa shape index (κ1) is 14.4. The van der Waals surface area contributed by atoms with E-state index < -0.39 is 11.7 Å². The molecule has 1 aromatic rings. The van der Waals surface area contributed by atoms with Crippen molar-refractivity contribution in [1.29, 1.82) is 0 Å². The van der Waals surface area contributed by atoms with Crippen LogP contribution in [0.15, 0.2) is 18.2 Å². The Morgan fingerprint density at radius 1 is 1.50 bits per heavy atom. The number of anilines is 1. The van der Waals surface area contributed by atoms with Gasteiger partial charge in [0.15, 0.2) is 0 Å². The zero-order chi connectivity index (χ0) is 13.7. The summed E-state index contributed by atoms with van der Waals surface area (Å²) in [7, 11) is 1.97. The quantitative estimate of drug-likeness (QED) is 0.781. The molecule has 0 unspecified atom stereocenters. The van der Waals surface area contributed by atoms with E-state index >= 15 is 0 Å². The molecular weight excluding hydrogens is 233 g/mol. The number of nitrogen functional groups attached to an aromatic ring is 1. The molecule has 0 saturated carbocycles. The molecular formula is C13H20FN3O. The van der Waals surface area contributed by atoms with Gasteiger partial charge in [0.1, 0.15) is 5.82 Å². The van der Waals surface area contributed by atoms with E-state index in [0.29, 0.717) is 18.3 Å². The van der Waals surface area contributed by atoms with E-state index in [0.717, 1.165) is 12.6 Å². The van der Waals surface area contributed by atoms with Crippen LogP contribution in [0.5, 0.6) is 0 Å². The van der Waals surface area contributed by atoms with Gasteiger partial charge in [-0.25, -0.2) is 4.39 Å². The number of nitrogens with one attached hydrogen (secondary N) is 1. The average Bonchev–Trinajstić information content (AvgIpc) is 2.28. The Kier molecular flexibility index (Phi) is 5.09. The van der Waals surface area contributed by atoms with Crippen molar-refractivity contribution in [3.8, 4) is 0 Å². The topological polar surface area (TPSA) is 58.4 Å². The molecule has 0 aliphatic rings. The second-order valence-corrected chi connectivity index (χ2v) is 4.57. The first-order chi connectivity index (χ1) is 8.41. The number of halogens is 1. The molecule has 0 saturated heterocycles. The van der Waals surface area contributed by atoms with Gasteiger partial charge in [0.25, 0.3) is 5.91 Å². The van der Waals surface area contributed by atoms with Gasteiger partial charge in [0, 0.05) is 24.8 Å². The molecule has 0 aliphatic heterocycles. The van der Waals surface area contributed by atoms with Crippen LogP contribution >= 0.6 is 0 Å². The first-order valence-corrected chi connectivity index (χ1v) is 5.95. The Labute approximate surface area is 107 Å². The second kappa shape index (κ2) is 6.35. The number of likely N-dealkylation sites (N-methyl/N-ethyl adjacent to an activating group) is 1. The maximum atomic E-state index is 13.5. The predicted molar refractivity (Wildman–Crippen MR) is 70.9 cm³/mol. The molecule has 0 atom stereocenters. The Hall–Kier alpha value is -1.62. The van der Waals surface area contributed by atoms with E-state index in [4.69, 9.17) is 5.73 Å². The normalized spacial score (nSPS) is 11.0. The fourth-order valence-corrected chi connectivity index (χ4v) is 1.41. The molecule has 0 fully saturated rings. The van der Waals surface area contributed by atoms with Crippen molar-refractivity contribution >= 4 is 11.6 Å². The lowest BCUT2D eigenvalue weighted by atomic mass is 10.2.